The van der Waals surface area contributed by atoms with E-state index in [-0.39, 0.29) is 5.82 Å². The highest BCUT2D eigenvalue weighted by atomic mass is 19.1. The zero-order valence-electron chi connectivity index (χ0n) is 8.08. The van der Waals surface area contributed by atoms with Crippen molar-refractivity contribution in [3.63, 3.8) is 0 Å². The first-order valence-corrected chi connectivity index (χ1v) is 4.64. The lowest BCUT2D eigenvalue weighted by molar-refractivity contribution is 0.629. The second-order valence-electron chi connectivity index (χ2n) is 3.48. The average molecular weight is 201 g/mol. The lowest BCUT2D eigenvalue weighted by Gasteiger charge is -2.01. The van der Waals surface area contributed by atoms with Crippen molar-refractivity contribution in [2.75, 3.05) is 0 Å². The summed E-state index contributed by atoms with van der Waals surface area (Å²) in [5.74, 6) is -0.266. The second-order valence-corrected chi connectivity index (χ2v) is 3.48. The van der Waals surface area contributed by atoms with E-state index in [0.717, 1.165) is 27.6 Å². The number of pyridine rings is 1. The Balaban J connectivity index is 2.61. The fourth-order valence-electron chi connectivity index (χ4n) is 1.81. The molecule has 3 nitrogen and oxygen atoms in total. The van der Waals surface area contributed by atoms with E-state index in [9.17, 15) is 4.39 Å². The van der Waals surface area contributed by atoms with E-state index >= 15 is 0 Å². The van der Waals surface area contributed by atoms with E-state index in [1.807, 2.05) is 6.92 Å². The molecule has 15 heavy (non-hydrogen) atoms. The number of aromatic amines is 1. The standard InChI is InChI=1S/C11H8FN3/c1-6-10-11(14-5-13-10)8-4-7(12)2-3-9(8)15-6/h2-5H,1H3,(H,13,14). The Hall–Kier alpha value is -1.97. The Kier molecular flexibility index (Phi) is 1.54. The van der Waals surface area contributed by atoms with Crippen molar-refractivity contribution in [3.05, 3.63) is 36.0 Å². The smallest absolute Gasteiger partial charge is 0.124 e. The third kappa shape index (κ3) is 1.11. The van der Waals surface area contributed by atoms with Gasteiger partial charge in [0.25, 0.3) is 0 Å². The fraction of sp³-hybridized carbons (Fsp3) is 0.0909. The summed E-state index contributed by atoms with van der Waals surface area (Å²) in [6.07, 6.45) is 1.60. The zero-order chi connectivity index (χ0) is 10.4. The number of aryl methyl sites for hydroxylation is 1. The number of imidazole rings is 1. The molecule has 3 aromatic rings. The van der Waals surface area contributed by atoms with Gasteiger partial charge in [0, 0.05) is 5.39 Å². The minimum Gasteiger partial charge on any atom is -0.343 e. The summed E-state index contributed by atoms with van der Waals surface area (Å²) in [7, 11) is 0. The van der Waals surface area contributed by atoms with Crippen LogP contribution in [-0.2, 0) is 0 Å². The molecule has 74 valence electrons. The van der Waals surface area contributed by atoms with Crippen molar-refractivity contribution in [3.8, 4) is 0 Å². The highest BCUT2D eigenvalue weighted by molar-refractivity contribution is 6.02. The predicted molar refractivity (Wildman–Crippen MR) is 56.1 cm³/mol. The largest absolute Gasteiger partial charge is 0.343 e. The van der Waals surface area contributed by atoms with E-state index in [1.165, 1.54) is 12.1 Å². The first kappa shape index (κ1) is 8.35. The van der Waals surface area contributed by atoms with E-state index in [0.29, 0.717) is 0 Å². The Morgan fingerprint density at radius 1 is 1.33 bits per heavy atom. The van der Waals surface area contributed by atoms with Gasteiger partial charge in [-0.2, -0.15) is 0 Å². The van der Waals surface area contributed by atoms with Crippen molar-refractivity contribution < 1.29 is 4.39 Å². The van der Waals surface area contributed by atoms with Crippen molar-refractivity contribution in [2.45, 2.75) is 6.92 Å². The van der Waals surface area contributed by atoms with E-state index in [4.69, 9.17) is 0 Å². The molecule has 0 unspecified atom stereocenters. The molecule has 1 aromatic carbocycles. The molecule has 0 radical (unpaired) electrons. The van der Waals surface area contributed by atoms with Gasteiger partial charge in [0.15, 0.2) is 0 Å². The molecule has 0 atom stereocenters. The maximum Gasteiger partial charge on any atom is 0.124 e. The van der Waals surface area contributed by atoms with E-state index in [1.54, 1.807) is 12.4 Å². The number of H-pyrrole nitrogens is 1. The highest BCUT2D eigenvalue weighted by Crippen LogP contribution is 2.23. The molecule has 0 saturated carbocycles. The Bertz CT molecular complexity index is 657. The average Bonchev–Trinajstić information content (AvgIpc) is 2.69. The molecule has 2 aromatic heterocycles. The normalized spacial score (nSPS) is 11.3. The lowest BCUT2D eigenvalue weighted by atomic mass is 10.1. The molecular weight excluding hydrogens is 193 g/mol. The van der Waals surface area contributed by atoms with E-state index < -0.39 is 0 Å². The summed E-state index contributed by atoms with van der Waals surface area (Å²) < 4.78 is 13.1. The number of rotatable bonds is 0. The van der Waals surface area contributed by atoms with Crippen molar-refractivity contribution >= 4 is 21.9 Å². The minimum atomic E-state index is -0.266. The first-order chi connectivity index (χ1) is 7.25. The molecule has 0 aliphatic heterocycles. The van der Waals surface area contributed by atoms with Crippen LogP contribution < -0.4 is 0 Å². The van der Waals surface area contributed by atoms with Crippen LogP contribution in [0.3, 0.4) is 0 Å². The van der Waals surface area contributed by atoms with Gasteiger partial charge in [-0.3, -0.25) is 4.98 Å². The molecule has 0 bridgehead atoms. The highest BCUT2D eigenvalue weighted by Gasteiger charge is 2.07. The number of hydrogen-bond donors (Lipinski definition) is 1. The number of fused-ring (bicyclic) bond motifs is 3. The Labute approximate surface area is 85.0 Å². The van der Waals surface area contributed by atoms with Gasteiger partial charge in [-0.15, -0.1) is 0 Å². The van der Waals surface area contributed by atoms with Crippen molar-refractivity contribution in [2.24, 2.45) is 0 Å². The minimum absolute atomic E-state index is 0.266. The van der Waals surface area contributed by atoms with Gasteiger partial charge in [-0.05, 0) is 25.1 Å². The zero-order valence-corrected chi connectivity index (χ0v) is 8.08. The molecule has 0 fully saturated rings. The topological polar surface area (TPSA) is 41.6 Å². The van der Waals surface area contributed by atoms with Crippen LogP contribution in [0.4, 0.5) is 4.39 Å². The summed E-state index contributed by atoms with van der Waals surface area (Å²) in [6, 6.07) is 4.55. The van der Waals surface area contributed by atoms with Gasteiger partial charge < -0.3 is 4.98 Å². The van der Waals surface area contributed by atoms with Crippen LogP contribution in [0.1, 0.15) is 5.69 Å². The number of nitrogens with one attached hydrogen (secondary N) is 1. The third-order valence-corrected chi connectivity index (χ3v) is 2.50. The summed E-state index contributed by atoms with van der Waals surface area (Å²) in [5, 5.41) is 0.747. The molecule has 0 spiro atoms. The van der Waals surface area contributed by atoms with Crippen LogP contribution >= 0.6 is 0 Å². The Morgan fingerprint density at radius 2 is 2.20 bits per heavy atom. The number of halogens is 1. The molecular formula is C11H8FN3. The predicted octanol–water partition coefficient (Wildman–Crippen LogP) is 2.56. The molecule has 3 rings (SSSR count). The number of hydrogen-bond acceptors (Lipinski definition) is 2. The third-order valence-electron chi connectivity index (χ3n) is 2.50. The maximum atomic E-state index is 13.1. The van der Waals surface area contributed by atoms with E-state index in [2.05, 4.69) is 15.0 Å². The summed E-state index contributed by atoms with van der Waals surface area (Å²) >= 11 is 0. The molecule has 0 saturated heterocycles. The van der Waals surface area contributed by atoms with Crippen LogP contribution in [0.25, 0.3) is 21.9 Å². The van der Waals surface area contributed by atoms with Crippen LogP contribution in [0.5, 0.6) is 0 Å². The number of benzene rings is 1. The summed E-state index contributed by atoms with van der Waals surface area (Å²) in [5.41, 5.74) is 3.29. The maximum absolute atomic E-state index is 13.1. The van der Waals surface area contributed by atoms with Gasteiger partial charge >= 0.3 is 0 Å². The monoisotopic (exact) mass is 201 g/mol. The van der Waals surface area contributed by atoms with Crippen LogP contribution in [0.15, 0.2) is 24.5 Å². The second kappa shape index (κ2) is 2.76. The molecule has 0 amide bonds. The quantitative estimate of drug-likeness (QED) is 0.607. The van der Waals surface area contributed by atoms with Crippen LogP contribution in [-0.4, -0.2) is 15.0 Å². The molecule has 4 heteroatoms. The van der Waals surface area contributed by atoms with Crippen molar-refractivity contribution in [1.82, 2.24) is 15.0 Å². The van der Waals surface area contributed by atoms with Gasteiger partial charge in [-0.1, -0.05) is 0 Å². The molecule has 0 aliphatic rings. The lowest BCUT2D eigenvalue weighted by Crippen LogP contribution is -1.88. The summed E-state index contributed by atoms with van der Waals surface area (Å²) in [6.45, 7) is 1.91. The van der Waals surface area contributed by atoms with Crippen molar-refractivity contribution in [1.29, 1.82) is 0 Å². The van der Waals surface area contributed by atoms with Gasteiger partial charge in [0.2, 0.25) is 0 Å². The molecule has 0 aliphatic carbocycles. The van der Waals surface area contributed by atoms with Crippen LogP contribution in [0.2, 0.25) is 0 Å². The molecule has 1 N–H and O–H groups in total. The van der Waals surface area contributed by atoms with Gasteiger partial charge in [0.1, 0.15) is 5.82 Å². The Morgan fingerprint density at radius 3 is 3.07 bits per heavy atom. The summed E-state index contributed by atoms with van der Waals surface area (Å²) in [4.78, 5) is 11.6. The SMILES string of the molecule is Cc1nc2ccc(F)cc2c2nc[nH]c12. The number of aromatic nitrogens is 3. The molecule has 2 heterocycles. The van der Waals surface area contributed by atoms with Gasteiger partial charge in [-0.25, -0.2) is 9.37 Å². The van der Waals surface area contributed by atoms with Gasteiger partial charge in [0.05, 0.1) is 28.6 Å². The fourth-order valence-corrected chi connectivity index (χ4v) is 1.81. The first-order valence-electron chi connectivity index (χ1n) is 4.64. The number of nitrogens with zero attached hydrogens (tertiary/aromatic N) is 2. The van der Waals surface area contributed by atoms with Crippen LogP contribution in [0, 0.1) is 12.7 Å².